The van der Waals surface area contributed by atoms with E-state index in [0.29, 0.717) is 12.8 Å². The third-order valence-electron chi connectivity index (χ3n) is 4.43. The van der Waals surface area contributed by atoms with Gasteiger partial charge in [-0.15, -0.1) is 0 Å². The molecule has 12 nitrogen and oxygen atoms in total. The monoisotopic (exact) mass is 486 g/mol. The molecule has 4 atom stereocenters. The summed E-state index contributed by atoms with van der Waals surface area (Å²) in [4.78, 5) is 46.1. The molecular weight excluding hydrogens is 456 g/mol. The van der Waals surface area contributed by atoms with Crippen LogP contribution < -0.4 is 0 Å². The lowest BCUT2D eigenvalue weighted by Gasteiger charge is -2.15. The molecule has 0 fully saturated rings. The van der Waals surface area contributed by atoms with Gasteiger partial charge in [0.05, 0.1) is 26.4 Å². The maximum atomic E-state index is 11.7. The summed E-state index contributed by atoms with van der Waals surface area (Å²) >= 11 is 0. The Balaban J connectivity index is 2.39. The summed E-state index contributed by atoms with van der Waals surface area (Å²) in [6, 6.07) is 6.92. The highest BCUT2D eigenvalue weighted by Crippen LogP contribution is 2.08. The van der Waals surface area contributed by atoms with Crippen molar-refractivity contribution in [1.82, 2.24) is 0 Å². The lowest BCUT2D eigenvalue weighted by Crippen LogP contribution is -2.41. The van der Waals surface area contributed by atoms with Crippen molar-refractivity contribution >= 4 is 23.9 Å². The first kappa shape index (κ1) is 29.0. The van der Waals surface area contributed by atoms with Crippen LogP contribution in [0.4, 0.5) is 0 Å². The molecule has 0 unspecified atom stereocenters. The lowest BCUT2D eigenvalue weighted by molar-refractivity contribution is -0.172. The fraction of sp³-hybridized carbons (Fsp3) is 0.545. The molecule has 0 spiro atoms. The van der Waals surface area contributed by atoms with E-state index in [1.165, 1.54) is 13.8 Å². The van der Waals surface area contributed by atoms with Gasteiger partial charge in [-0.25, -0.2) is 19.2 Å². The van der Waals surface area contributed by atoms with Gasteiger partial charge in [-0.05, 0) is 25.0 Å². The highest BCUT2D eigenvalue weighted by atomic mass is 16.6. The van der Waals surface area contributed by atoms with Crippen LogP contribution in [-0.2, 0) is 51.0 Å². The molecule has 190 valence electrons. The van der Waals surface area contributed by atoms with Crippen molar-refractivity contribution in [2.24, 2.45) is 0 Å². The van der Waals surface area contributed by atoms with Crippen molar-refractivity contribution in [3.8, 4) is 0 Å². The number of hydrogen-bond donors (Lipinski definition) is 4. The fourth-order valence-corrected chi connectivity index (χ4v) is 2.55. The molecule has 1 aromatic carbocycles. The third kappa shape index (κ3) is 9.43. The lowest BCUT2D eigenvalue weighted by atomic mass is 10.1. The Morgan fingerprint density at radius 1 is 0.588 bits per heavy atom. The Kier molecular flexibility index (Phi) is 12.7. The molecule has 0 aliphatic rings. The van der Waals surface area contributed by atoms with Gasteiger partial charge in [0.15, 0.2) is 24.4 Å². The number of benzene rings is 1. The standard InChI is InChI=1S/C22H30O12/c1-3-31-19(27)15(23)17(25)21(29)33-11-9-13-5-7-14(8-6-13)10-12-34-22(30)18(26)16(24)20(28)32-4-2/h5-8,15-18,23-26H,3-4,9-12H2,1-2H3/t15-,16-,17-,18-/m1/s1. The second-order valence-electron chi connectivity index (χ2n) is 6.93. The van der Waals surface area contributed by atoms with E-state index in [1.54, 1.807) is 24.3 Å². The number of carbonyl (C=O) groups excluding carboxylic acids is 4. The first-order valence-electron chi connectivity index (χ1n) is 10.6. The third-order valence-corrected chi connectivity index (χ3v) is 4.43. The van der Waals surface area contributed by atoms with Gasteiger partial charge in [0, 0.05) is 12.8 Å². The van der Waals surface area contributed by atoms with Crippen molar-refractivity contribution in [2.75, 3.05) is 26.4 Å². The maximum Gasteiger partial charge on any atom is 0.338 e. The largest absolute Gasteiger partial charge is 0.464 e. The molecule has 0 radical (unpaired) electrons. The zero-order valence-electron chi connectivity index (χ0n) is 18.9. The van der Waals surface area contributed by atoms with Gasteiger partial charge >= 0.3 is 23.9 Å². The predicted octanol–water partition coefficient (Wildman–Crippen LogP) is -1.57. The zero-order chi connectivity index (χ0) is 25.7. The Morgan fingerprint density at radius 3 is 1.12 bits per heavy atom. The molecule has 0 heterocycles. The highest BCUT2D eigenvalue weighted by molar-refractivity contribution is 5.85. The van der Waals surface area contributed by atoms with E-state index >= 15 is 0 Å². The molecule has 0 saturated heterocycles. The Hall–Kier alpha value is -3.06. The quantitative estimate of drug-likeness (QED) is 0.175. The fourth-order valence-electron chi connectivity index (χ4n) is 2.55. The van der Waals surface area contributed by atoms with E-state index < -0.39 is 48.3 Å². The van der Waals surface area contributed by atoms with Crippen LogP contribution in [0.2, 0.25) is 0 Å². The number of carbonyl (C=O) groups is 4. The minimum atomic E-state index is -2.05. The number of rotatable bonds is 14. The number of ether oxygens (including phenoxy) is 4. The molecule has 0 amide bonds. The van der Waals surface area contributed by atoms with Gasteiger partial charge in [-0.2, -0.15) is 0 Å². The molecule has 34 heavy (non-hydrogen) atoms. The van der Waals surface area contributed by atoms with Gasteiger partial charge in [-0.1, -0.05) is 24.3 Å². The SMILES string of the molecule is CCOC(=O)[C@H](O)[C@@H](O)C(=O)OCCc1ccc(CCOC(=O)[C@H](O)[C@@H](O)C(=O)OCC)cc1. The Morgan fingerprint density at radius 2 is 0.853 bits per heavy atom. The van der Waals surface area contributed by atoms with Crippen LogP contribution >= 0.6 is 0 Å². The van der Waals surface area contributed by atoms with Crippen LogP contribution in [0.1, 0.15) is 25.0 Å². The Labute approximate surface area is 196 Å². The molecule has 4 N–H and O–H groups in total. The van der Waals surface area contributed by atoms with Gasteiger partial charge in [-0.3, -0.25) is 0 Å². The molecule has 0 bridgehead atoms. The van der Waals surface area contributed by atoms with E-state index in [1.807, 2.05) is 0 Å². The Bertz CT molecular complexity index is 740. The van der Waals surface area contributed by atoms with E-state index in [0.717, 1.165) is 11.1 Å². The molecule has 0 aliphatic carbocycles. The maximum absolute atomic E-state index is 11.7. The second kappa shape index (κ2) is 15.0. The summed E-state index contributed by atoms with van der Waals surface area (Å²) < 4.78 is 18.8. The van der Waals surface area contributed by atoms with Gasteiger partial charge in [0.25, 0.3) is 0 Å². The molecule has 1 aromatic rings. The van der Waals surface area contributed by atoms with Crippen LogP contribution in [-0.4, -0.2) is 95.1 Å². The zero-order valence-corrected chi connectivity index (χ0v) is 18.9. The van der Waals surface area contributed by atoms with Crippen LogP contribution in [0.25, 0.3) is 0 Å². The molecule has 0 saturated carbocycles. The summed E-state index contributed by atoms with van der Waals surface area (Å²) in [7, 11) is 0. The van der Waals surface area contributed by atoms with Gasteiger partial charge in [0.1, 0.15) is 0 Å². The number of aliphatic hydroxyl groups excluding tert-OH is 4. The predicted molar refractivity (Wildman–Crippen MR) is 113 cm³/mol. The van der Waals surface area contributed by atoms with Crippen LogP contribution in [0.3, 0.4) is 0 Å². The van der Waals surface area contributed by atoms with Crippen molar-refractivity contribution in [1.29, 1.82) is 0 Å². The smallest absolute Gasteiger partial charge is 0.338 e. The number of hydrogen-bond acceptors (Lipinski definition) is 12. The highest BCUT2D eigenvalue weighted by Gasteiger charge is 2.33. The minimum Gasteiger partial charge on any atom is -0.464 e. The molecule has 0 aromatic heterocycles. The van der Waals surface area contributed by atoms with E-state index in [4.69, 9.17) is 9.47 Å². The number of esters is 4. The molecule has 12 heteroatoms. The first-order chi connectivity index (χ1) is 16.1. The van der Waals surface area contributed by atoms with Gasteiger partial charge in [0.2, 0.25) is 0 Å². The van der Waals surface area contributed by atoms with Crippen molar-refractivity contribution < 1.29 is 58.6 Å². The second-order valence-corrected chi connectivity index (χ2v) is 6.93. The first-order valence-corrected chi connectivity index (χ1v) is 10.6. The minimum absolute atomic E-state index is 0.0172. The summed E-state index contributed by atoms with van der Waals surface area (Å²) in [6.45, 7) is 2.77. The average molecular weight is 486 g/mol. The van der Waals surface area contributed by atoms with E-state index in [-0.39, 0.29) is 26.4 Å². The summed E-state index contributed by atoms with van der Waals surface area (Å²) in [5.41, 5.74) is 1.56. The normalized spacial score (nSPS) is 14.3. The summed E-state index contributed by atoms with van der Waals surface area (Å²) in [5.74, 6) is -4.57. The number of aliphatic hydroxyl groups is 4. The summed E-state index contributed by atoms with van der Waals surface area (Å²) in [6.07, 6.45) is -7.59. The average Bonchev–Trinajstić information content (AvgIpc) is 2.83. The van der Waals surface area contributed by atoms with E-state index in [2.05, 4.69) is 9.47 Å². The molecular formula is C22H30O12. The molecule has 0 aliphatic heterocycles. The molecule has 1 rings (SSSR count). The van der Waals surface area contributed by atoms with Crippen LogP contribution in [0.5, 0.6) is 0 Å². The topological polar surface area (TPSA) is 186 Å². The van der Waals surface area contributed by atoms with Crippen molar-refractivity contribution in [3.05, 3.63) is 35.4 Å². The van der Waals surface area contributed by atoms with Crippen LogP contribution in [0, 0.1) is 0 Å². The van der Waals surface area contributed by atoms with E-state index in [9.17, 15) is 39.6 Å². The van der Waals surface area contributed by atoms with Crippen LogP contribution in [0.15, 0.2) is 24.3 Å². The van der Waals surface area contributed by atoms with Crippen molar-refractivity contribution in [2.45, 2.75) is 51.1 Å². The van der Waals surface area contributed by atoms with Crippen molar-refractivity contribution in [3.63, 3.8) is 0 Å². The summed E-state index contributed by atoms with van der Waals surface area (Å²) in [5, 5.41) is 38.4. The van der Waals surface area contributed by atoms with Gasteiger partial charge < -0.3 is 39.4 Å².